The average Bonchev–Trinajstić information content (AvgIpc) is 3.14. The smallest absolute Gasteiger partial charge is 0.254 e. The number of aryl methyl sites for hydroxylation is 2. The van der Waals surface area contributed by atoms with Crippen LogP contribution in [-0.4, -0.2) is 43.6 Å². The minimum Gasteiger partial charge on any atom is -0.496 e. The number of pyridine rings is 1. The third kappa shape index (κ3) is 4.25. The Labute approximate surface area is 170 Å². The number of nitrogens with zero attached hydrogens (tertiary/aromatic N) is 6. The number of benzene rings is 1. The highest BCUT2D eigenvalue weighted by Gasteiger charge is 2.11. The lowest BCUT2D eigenvalue weighted by Crippen LogP contribution is -2.18. The van der Waals surface area contributed by atoms with Gasteiger partial charge in [0.1, 0.15) is 12.1 Å². The fourth-order valence-electron chi connectivity index (χ4n) is 3.60. The topological polar surface area (TPSA) is 68.4 Å². The maximum Gasteiger partial charge on any atom is 0.254 e. The van der Waals surface area contributed by atoms with Crippen LogP contribution < -0.4 is 4.74 Å². The molecule has 0 amide bonds. The second-order valence-corrected chi connectivity index (χ2v) is 7.36. The van der Waals surface area contributed by atoms with Crippen LogP contribution in [0.1, 0.15) is 22.5 Å². The summed E-state index contributed by atoms with van der Waals surface area (Å²) in [6.45, 7) is 5.73. The summed E-state index contributed by atoms with van der Waals surface area (Å²) in [6, 6.07) is 10.5. The second kappa shape index (κ2) is 7.97. The second-order valence-electron chi connectivity index (χ2n) is 7.36. The molecule has 0 aliphatic heterocycles. The molecule has 3 heterocycles. The molecule has 0 unspecified atom stereocenters. The van der Waals surface area contributed by atoms with Crippen molar-refractivity contribution in [2.24, 2.45) is 0 Å². The van der Waals surface area contributed by atoms with Crippen molar-refractivity contribution in [3.63, 3.8) is 0 Å². The van der Waals surface area contributed by atoms with Crippen LogP contribution in [0, 0.1) is 13.8 Å². The molecule has 0 saturated heterocycles. The molecule has 0 spiro atoms. The van der Waals surface area contributed by atoms with Crippen LogP contribution in [0.5, 0.6) is 5.75 Å². The highest BCUT2D eigenvalue weighted by atomic mass is 16.5. The third-order valence-corrected chi connectivity index (χ3v) is 4.76. The molecule has 29 heavy (non-hydrogen) atoms. The van der Waals surface area contributed by atoms with Gasteiger partial charge in [0.25, 0.3) is 5.78 Å². The summed E-state index contributed by atoms with van der Waals surface area (Å²) in [5.41, 5.74) is 6.51. The molecule has 4 aromatic rings. The Balaban J connectivity index is 1.58. The third-order valence-electron chi connectivity index (χ3n) is 4.76. The van der Waals surface area contributed by atoms with Gasteiger partial charge in [-0.05, 0) is 56.3 Å². The monoisotopic (exact) mass is 388 g/mol. The fourth-order valence-corrected chi connectivity index (χ4v) is 3.60. The lowest BCUT2D eigenvalue weighted by molar-refractivity contribution is 0.314. The fraction of sp³-hybridized carbons (Fsp3) is 0.273. The first-order chi connectivity index (χ1) is 14.0. The van der Waals surface area contributed by atoms with Crippen molar-refractivity contribution in [2.45, 2.75) is 26.9 Å². The molecule has 0 radical (unpaired) electrons. The number of rotatable bonds is 6. The zero-order valence-electron chi connectivity index (χ0n) is 17.1. The molecule has 3 aromatic heterocycles. The Kier molecular flexibility index (Phi) is 5.22. The molecule has 7 heteroatoms. The van der Waals surface area contributed by atoms with Crippen LogP contribution in [0.2, 0.25) is 0 Å². The van der Waals surface area contributed by atoms with Gasteiger partial charge in [-0.15, -0.1) is 10.2 Å². The average molecular weight is 388 g/mol. The van der Waals surface area contributed by atoms with Crippen molar-refractivity contribution in [1.82, 2.24) is 29.5 Å². The van der Waals surface area contributed by atoms with Gasteiger partial charge < -0.3 is 4.74 Å². The molecule has 0 N–H and O–H groups in total. The van der Waals surface area contributed by atoms with Crippen molar-refractivity contribution in [2.75, 3.05) is 14.2 Å². The maximum absolute atomic E-state index is 5.58. The van der Waals surface area contributed by atoms with Crippen LogP contribution in [-0.2, 0) is 13.1 Å². The number of hydrogen-bond donors (Lipinski definition) is 0. The molecule has 0 fully saturated rings. The Morgan fingerprint density at radius 2 is 1.97 bits per heavy atom. The standard InChI is InChI=1S/C22H24N6O/c1-15-7-16(2)25-19(8-15)13-27(3)11-17-5-6-21(29-4)20(9-17)18-10-23-22-26-24-14-28(22)12-18/h5-10,12,14H,11,13H2,1-4H3. The normalized spacial score (nSPS) is 11.3. The van der Waals surface area contributed by atoms with Crippen molar-refractivity contribution in [3.8, 4) is 16.9 Å². The predicted molar refractivity (Wildman–Crippen MR) is 112 cm³/mol. The largest absolute Gasteiger partial charge is 0.496 e. The van der Waals surface area contributed by atoms with Crippen LogP contribution in [0.25, 0.3) is 16.9 Å². The van der Waals surface area contributed by atoms with Crippen molar-refractivity contribution < 1.29 is 4.74 Å². The molecule has 0 saturated carbocycles. The van der Waals surface area contributed by atoms with Crippen LogP contribution in [0.4, 0.5) is 0 Å². The van der Waals surface area contributed by atoms with Gasteiger partial charge in [-0.1, -0.05) is 6.07 Å². The first kappa shape index (κ1) is 19.0. The van der Waals surface area contributed by atoms with Crippen LogP contribution >= 0.6 is 0 Å². The zero-order chi connectivity index (χ0) is 20.4. The molecule has 1 aromatic carbocycles. The summed E-state index contributed by atoms with van der Waals surface area (Å²) in [6.07, 6.45) is 5.41. The number of hydrogen-bond acceptors (Lipinski definition) is 6. The Morgan fingerprint density at radius 3 is 2.76 bits per heavy atom. The van der Waals surface area contributed by atoms with Gasteiger partial charge >= 0.3 is 0 Å². The van der Waals surface area contributed by atoms with Gasteiger partial charge in [-0.3, -0.25) is 14.3 Å². The first-order valence-electron chi connectivity index (χ1n) is 9.47. The van der Waals surface area contributed by atoms with E-state index in [2.05, 4.69) is 63.3 Å². The van der Waals surface area contributed by atoms with Gasteiger partial charge in [0, 0.05) is 42.3 Å². The van der Waals surface area contributed by atoms with E-state index in [9.17, 15) is 0 Å². The lowest BCUT2D eigenvalue weighted by atomic mass is 10.0. The highest BCUT2D eigenvalue weighted by molar-refractivity contribution is 5.70. The van der Waals surface area contributed by atoms with E-state index in [0.29, 0.717) is 5.78 Å². The van der Waals surface area contributed by atoms with Gasteiger partial charge in [-0.2, -0.15) is 0 Å². The minimum absolute atomic E-state index is 0.574. The molecule has 148 valence electrons. The molecule has 0 bridgehead atoms. The Morgan fingerprint density at radius 1 is 1.10 bits per heavy atom. The molecule has 0 aliphatic rings. The van der Waals surface area contributed by atoms with Gasteiger partial charge in [0.05, 0.1) is 12.8 Å². The Bertz CT molecular complexity index is 1130. The minimum atomic E-state index is 0.574. The SMILES string of the molecule is COc1ccc(CN(C)Cc2cc(C)cc(C)n2)cc1-c1cnc2nncn2c1. The van der Waals surface area contributed by atoms with Crippen LogP contribution in [0.3, 0.4) is 0 Å². The van der Waals surface area contributed by atoms with E-state index in [1.807, 2.05) is 19.2 Å². The van der Waals surface area contributed by atoms with E-state index in [4.69, 9.17) is 4.74 Å². The summed E-state index contributed by atoms with van der Waals surface area (Å²) in [4.78, 5) is 11.3. The van der Waals surface area contributed by atoms with E-state index < -0.39 is 0 Å². The van der Waals surface area contributed by atoms with Gasteiger partial charge in [0.2, 0.25) is 0 Å². The van der Waals surface area contributed by atoms with E-state index in [1.54, 1.807) is 24.0 Å². The molecule has 0 atom stereocenters. The number of fused-ring (bicyclic) bond motifs is 1. The van der Waals surface area contributed by atoms with Crippen molar-refractivity contribution in [3.05, 3.63) is 71.6 Å². The summed E-state index contributed by atoms with van der Waals surface area (Å²) < 4.78 is 7.39. The summed E-state index contributed by atoms with van der Waals surface area (Å²) in [5.74, 6) is 1.38. The number of methoxy groups -OCH3 is 1. The van der Waals surface area contributed by atoms with Crippen molar-refractivity contribution >= 4 is 5.78 Å². The van der Waals surface area contributed by atoms with E-state index in [-0.39, 0.29) is 0 Å². The van der Waals surface area contributed by atoms with Gasteiger partial charge in [0.15, 0.2) is 0 Å². The van der Waals surface area contributed by atoms with Crippen molar-refractivity contribution in [1.29, 1.82) is 0 Å². The maximum atomic E-state index is 5.58. The molecular weight excluding hydrogens is 364 g/mol. The molecule has 4 rings (SSSR count). The molecular formula is C22H24N6O. The summed E-state index contributed by atoms with van der Waals surface area (Å²) in [5, 5.41) is 7.86. The number of aromatic nitrogens is 5. The quantitative estimate of drug-likeness (QED) is 0.504. The predicted octanol–water partition coefficient (Wildman–Crippen LogP) is 3.44. The number of ether oxygens (including phenoxy) is 1. The van der Waals surface area contributed by atoms with E-state index in [0.717, 1.165) is 41.4 Å². The van der Waals surface area contributed by atoms with Crippen LogP contribution in [0.15, 0.2) is 49.1 Å². The van der Waals surface area contributed by atoms with E-state index >= 15 is 0 Å². The first-order valence-corrected chi connectivity index (χ1v) is 9.47. The Hall–Kier alpha value is -3.32. The summed E-state index contributed by atoms with van der Waals surface area (Å²) in [7, 11) is 3.79. The lowest BCUT2D eigenvalue weighted by Gasteiger charge is -2.18. The summed E-state index contributed by atoms with van der Waals surface area (Å²) >= 11 is 0. The van der Waals surface area contributed by atoms with E-state index in [1.165, 1.54) is 11.1 Å². The molecule has 7 nitrogen and oxygen atoms in total. The molecule has 0 aliphatic carbocycles. The zero-order valence-corrected chi connectivity index (χ0v) is 17.1. The van der Waals surface area contributed by atoms with Gasteiger partial charge in [-0.25, -0.2) is 4.98 Å². The highest BCUT2D eigenvalue weighted by Crippen LogP contribution is 2.31.